The number of piperidine rings is 1. The molecule has 2 aliphatic rings. The van der Waals surface area contributed by atoms with Gasteiger partial charge in [0.25, 0.3) is 0 Å². The SMILES string of the molecule is CCC(COC)NC(=O)N1CCC2(CC1)C(=O)N(c1ccc(F)cc1)C2c1ccc(Cl)cc1. The minimum atomic E-state index is -0.602. The van der Waals surface area contributed by atoms with Gasteiger partial charge in [-0.1, -0.05) is 30.7 Å². The van der Waals surface area contributed by atoms with E-state index in [9.17, 15) is 14.0 Å². The van der Waals surface area contributed by atoms with E-state index in [1.165, 1.54) is 12.1 Å². The van der Waals surface area contributed by atoms with E-state index in [4.69, 9.17) is 16.3 Å². The molecule has 176 valence electrons. The molecule has 0 radical (unpaired) electrons. The number of likely N-dealkylation sites (tertiary alicyclic amines) is 1. The molecule has 8 heteroatoms. The lowest BCUT2D eigenvalue weighted by Crippen LogP contribution is -2.67. The number of urea groups is 1. The van der Waals surface area contributed by atoms with Crippen molar-refractivity contribution in [2.75, 3.05) is 31.7 Å². The van der Waals surface area contributed by atoms with Gasteiger partial charge in [0.2, 0.25) is 5.91 Å². The van der Waals surface area contributed by atoms with Crippen molar-refractivity contribution in [3.63, 3.8) is 0 Å². The van der Waals surface area contributed by atoms with E-state index in [2.05, 4.69) is 5.32 Å². The summed E-state index contributed by atoms with van der Waals surface area (Å²) in [5.74, 6) is -0.331. The normalized spacial score (nSPS) is 20.5. The maximum Gasteiger partial charge on any atom is 0.317 e. The zero-order valence-corrected chi connectivity index (χ0v) is 19.6. The van der Waals surface area contributed by atoms with Crippen LogP contribution >= 0.6 is 11.6 Å². The number of carbonyl (C=O) groups excluding carboxylic acids is 2. The molecule has 2 atom stereocenters. The van der Waals surface area contributed by atoms with Crippen molar-refractivity contribution < 1.29 is 18.7 Å². The molecular formula is C25H29ClFN3O3. The molecule has 0 aliphatic carbocycles. The summed E-state index contributed by atoms with van der Waals surface area (Å²) < 4.78 is 18.7. The highest BCUT2D eigenvalue weighted by Gasteiger charge is 2.62. The van der Waals surface area contributed by atoms with Crippen LogP contribution in [0.4, 0.5) is 14.9 Å². The van der Waals surface area contributed by atoms with Gasteiger partial charge in [0.05, 0.1) is 24.1 Å². The standard InChI is InChI=1S/C25H29ClFN3O3/c1-3-20(16-33-2)28-24(32)29-14-12-25(13-15-29)22(17-4-6-18(26)7-5-17)30(23(25)31)21-10-8-19(27)9-11-21/h4-11,20,22H,3,12-16H2,1-2H3,(H,28,32). The minimum absolute atomic E-state index is 0.0138. The molecule has 4 rings (SSSR count). The van der Waals surface area contributed by atoms with Gasteiger partial charge in [-0.25, -0.2) is 9.18 Å². The Labute approximate surface area is 198 Å². The van der Waals surface area contributed by atoms with Crippen molar-refractivity contribution in [1.29, 1.82) is 0 Å². The molecule has 0 bridgehead atoms. The number of anilines is 1. The average molecular weight is 474 g/mol. The van der Waals surface area contributed by atoms with E-state index in [-0.39, 0.29) is 29.8 Å². The number of amides is 3. The summed E-state index contributed by atoms with van der Waals surface area (Å²) in [5, 5.41) is 3.64. The Bertz CT molecular complexity index is 991. The first-order valence-corrected chi connectivity index (χ1v) is 11.7. The van der Waals surface area contributed by atoms with Gasteiger partial charge >= 0.3 is 6.03 Å². The van der Waals surface area contributed by atoms with Crippen molar-refractivity contribution in [1.82, 2.24) is 10.2 Å². The number of ether oxygens (including phenoxy) is 1. The van der Waals surface area contributed by atoms with Crippen LogP contribution in [0, 0.1) is 11.2 Å². The van der Waals surface area contributed by atoms with Crippen molar-refractivity contribution in [3.05, 3.63) is 64.9 Å². The predicted molar refractivity (Wildman–Crippen MR) is 126 cm³/mol. The van der Waals surface area contributed by atoms with Crippen molar-refractivity contribution >= 4 is 29.2 Å². The molecule has 2 unspecified atom stereocenters. The molecule has 2 heterocycles. The smallest absolute Gasteiger partial charge is 0.317 e. The van der Waals surface area contributed by atoms with Gasteiger partial charge in [0.15, 0.2) is 0 Å². The Morgan fingerprint density at radius 3 is 2.39 bits per heavy atom. The number of carbonyl (C=O) groups is 2. The van der Waals surface area contributed by atoms with Gasteiger partial charge < -0.3 is 19.9 Å². The quantitative estimate of drug-likeness (QED) is 0.614. The number of rotatable bonds is 6. The lowest BCUT2D eigenvalue weighted by atomic mass is 9.62. The molecule has 2 fully saturated rings. The Kier molecular flexibility index (Phi) is 6.91. The number of nitrogens with zero attached hydrogens (tertiary/aromatic N) is 2. The van der Waals surface area contributed by atoms with E-state index in [0.717, 1.165) is 12.0 Å². The fourth-order valence-corrected chi connectivity index (χ4v) is 5.09. The second-order valence-electron chi connectivity index (χ2n) is 8.76. The van der Waals surface area contributed by atoms with E-state index in [1.807, 2.05) is 31.2 Å². The molecule has 0 aromatic heterocycles. The second kappa shape index (κ2) is 9.69. The second-order valence-corrected chi connectivity index (χ2v) is 9.20. The first kappa shape index (κ1) is 23.5. The number of β-lactam (4-membered cyclic amide) rings is 1. The van der Waals surface area contributed by atoms with Crippen molar-refractivity contribution in [2.45, 2.75) is 38.3 Å². The monoisotopic (exact) mass is 473 g/mol. The fraction of sp³-hybridized carbons (Fsp3) is 0.440. The summed E-state index contributed by atoms with van der Waals surface area (Å²) in [4.78, 5) is 29.8. The van der Waals surface area contributed by atoms with Crippen molar-refractivity contribution in [3.8, 4) is 0 Å². The molecular weight excluding hydrogens is 445 g/mol. The molecule has 1 spiro atoms. The number of hydrogen-bond donors (Lipinski definition) is 1. The number of benzene rings is 2. The molecule has 2 aromatic carbocycles. The Hall–Kier alpha value is -2.64. The van der Waals surface area contributed by atoms with Crippen LogP contribution in [0.3, 0.4) is 0 Å². The third-order valence-electron chi connectivity index (χ3n) is 6.85. The number of halogens is 2. The van der Waals surface area contributed by atoms with Gasteiger partial charge in [-0.3, -0.25) is 4.79 Å². The zero-order valence-electron chi connectivity index (χ0n) is 18.9. The third-order valence-corrected chi connectivity index (χ3v) is 7.10. The number of nitrogens with one attached hydrogen (secondary N) is 1. The first-order chi connectivity index (χ1) is 15.9. The molecule has 1 N–H and O–H groups in total. The topological polar surface area (TPSA) is 61.9 Å². The Balaban J connectivity index is 1.55. The maximum atomic E-state index is 13.5. The molecule has 2 saturated heterocycles. The number of methoxy groups -OCH3 is 1. The highest BCUT2D eigenvalue weighted by molar-refractivity contribution is 6.30. The summed E-state index contributed by atoms with van der Waals surface area (Å²) in [6, 6.07) is 13.1. The lowest BCUT2D eigenvalue weighted by Gasteiger charge is -2.59. The summed E-state index contributed by atoms with van der Waals surface area (Å²) in [6.45, 7) is 3.44. The Morgan fingerprint density at radius 2 is 1.82 bits per heavy atom. The largest absolute Gasteiger partial charge is 0.383 e. The minimum Gasteiger partial charge on any atom is -0.383 e. The van der Waals surface area contributed by atoms with Gasteiger partial charge in [-0.2, -0.15) is 0 Å². The molecule has 33 heavy (non-hydrogen) atoms. The molecule has 0 saturated carbocycles. The van der Waals surface area contributed by atoms with Gasteiger partial charge in [-0.05, 0) is 61.2 Å². The van der Waals surface area contributed by atoms with Crippen LogP contribution in [0.2, 0.25) is 5.02 Å². The maximum absolute atomic E-state index is 13.5. The van der Waals surface area contributed by atoms with Crippen LogP contribution in [0.5, 0.6) is 0 Å². The fourth-order valence-electron chi connectivity index (χ4n) is 4.96. The van der Waals surface area contributed by atoms with E-state index in [0.29, 0.717) is 43.2 Å². The lowest BCUT2D eigenvalue weighted by molar-refractivity contribution is -0.144. The van der Waals surface area contributed by atoms with Gasteiger partial charge in [0.1, 0.15) is 5.82 Å². The highest BCUT2D eigenvalue weighted by Crippen LogP contribution is 2.57. The number of hydrogen-bond acceptors (Lipinski definition) is 3. The molecule has 2 aliphatic heterocycles. The average Bonchev–Trinajstić information content (AvgIpc) is 2.83. The molecule has 2 aromatic rings. The summed E-state index contributed by atoms with van der Waals surface area (Å²) in [7, 11) is 1.62. The van der Waals surface area contributed by atoms with Crippen LogP contribution in [-0.4, -0.2) is 49.7 Å². The van der Waals surface area contributed by atoms with Gasteiger partial charge in [0, 0.05) is 30.9 Å². The zero-order chi connectivity index (χ0) is 23.6. The van der Waals surface area contributed by atoms with E-state index in [1.54, 1.807) is 29.0 Å². The van der Waals surface area contributed by atoms with Crippen molar-refractivity contribution in [2.24, 2.45) is 5.41 Å². The third kappa shape index (κ3) is 4.44. The van der Waals surface area contributed by atoms with Crippen LogP contribution in [0.25, 0.3) is 0 Å². The summed E-state index contributed by atoms with van der Waals surface area (Å²) in [6.07, 6.45) is 1.90. The van der Waals surface area contributed by atoms with E-state index < -0.39 is 5.41 Å². The Morgan fingerprint density at radius 1 is 1.18 bits per heavy atom. The summed E-state index contributed by atoms with van der Waals surface area (Å²) >= 11 is 6.10. The highest BCUT2D eigenvalue weighted by atomic mass is 35.5. The van der Waals surface area contributed by atoms with Crippen LogP contribution < -0.4 is 10.2 Å². The van der Waals surface area contributed by atoms with Crippen LogP contribution in [0.15, 0.2) is 48.5 Å². The molecule has 6 nitrogen and oxygen atoms in total. The summed E-state index contributed by atoms with van der Waals surface area (Å²) in [5.41, 5.74) is 1.04. The first-order valence-electron chi connectivity index (χ1n) is 11.3. The van der Waals surface area contributed by atoms with E-state index >= 15 is 0 Å². The van der Waals surface area contributed by atoms with Crippen LogP contribution in [0.1, 0.15) is 37.8 Å². The molecule has 3 amide bonds. The van der Waals surface area contributed by atoms with Crippen LogP contribution in [-0.2, 0) is 9.53 Å². The predicted octanol–water partition coefficient (Wildman–Crippen LogP) is 4.78. The van der Waals surface area contributed by atoms with Gasteiger partial charge in [-0.15, -0.1) is 0 Å².